The fourth-order valence-electron chi connectivity index (χ4n) is 2.64. The van der Waals surface area contributed by atoms with Gasteiger partial charge in [-0.15, -0.1) is 0 Å². The summed E-state index contributed by atoms with van der Waals surface area (Å²) in [5, 5.41) is 0. The average Bonchev–Trinajstić information content (AvgIpc) is 2.59. The zero-order chi connectivity index (χ0) is 18.8. The number of unbranched alkanes of at least 4 members (excludes halogenated alkanes) is 12. The lowest BCUT2D eigenvalue weighted by atomic mass is 10.0. The predicted octanol–water partition coefficient (Wildman–Crippen LogP) is 5.82. The Balaban J connectivity index is 3.25. The molecule has 0 saturated carbocycles. The van der Waals surface area contributed by atoms with Crippen molar-refractivity contribution in [2.75, 3.05) is 13.2 Å². The van der Waals surface area contributed by atoms with Crippen LogP contribution >= 0.6 is 0 Å². The van der Waals surface area contributed by atoms with E-state index in [1.54, 1.807) is 0 Å². The van der Waals surface area contributed by atoms with Crippen LogP contribution in [-0.2, 0) is 19.1 Å². The van der Waals surface area contributed by atoms with Crippen molar-refractivity contribution in [3.8, 4) is 0 Å². The van der Waals surface area contributed by atoms with E-state index in [4.69, 9.17) is 9.47 Å². The van der Waals surface area contributed by atoms with Crippen molar-refractivity contribution in [2.24, 2.45) is 5.92 Å². The number of ether oxygens (including phenoxy) is 2. The van der Waals surface area contributed by atoms with Gasteiger partial charge in [-0.25, -0.2) is 9.59 Å². The molecule has 0 aliphatic rings. The van der Waals surface area contributed by atoms with E-state index in [0.29, 0.717) is 6.61 Å². The number of carbonyl (C=O) groups is 2. The Hall–Kier alpha value is -1.06. The van der Waals surface area contributed by atoms with E-state index in [1.165, 1.54) is 70.6 Å². The molecule has 0 amide bonds. The Morgan fingerprint density at radius 3 is 1.48 bits per heavy atom. The van der Waals surface area contributed by atoms with Crippen molar-refractivity contribution in [3.05, 3.63) is 0 Å². The molecule has 148 valence electrons. The van der Waals surface area contributed by atoms with Gasteiger partial charge in [0.2, 0.25) is 0 Å². The highest BCUT2D eigenvalue weighted by molar-refractivity contribution is 6.29. The van der Waals surface area contributed by atoms with Crippen LogP contribution in [0.25, 0.3) is 0 Å². The molecule has 0 unspecified atom stereocenters. The van der Waals surface area contributed by atoms with Crippen LogP contribution in [0.3, 0.4) is 0 Å². The fourth-order valence-corrected chi connectivity index (χ4v) is 2.64. The largest absolute Gasteiger partial charge is 0.457 e. The van der Waals surface area contributed by atoms with Gasteiger partial charge in [-0.05, 0) is 12.3 Å². The molecule has 0 fully saturated rings. The van der Waals surface area contributed by atoms with E-state index in [0.717, 1.165) is 12.8 Å². The van der Waals surface area contributed by atoms with E-state index in [-0.39, 0.29) is 12.5 Å². The summed E-state index contributed by atoms with van der Waals surface area (Å²) in [6.45, 7) is 6.67. The van der Waals surface area contributed by atoms with Gasteiger partial charge in [-0.1, -0.05) is 97.8 Å². The summed E-state index contributed by atoms with van der Waals surface area (Å²) in [6.07, 6.45) is 16.6. The second-order valence-corrected chi connectivity index (χ2v) is 7.37. The molecular weight excluding hydrogens is 316 g/mol. The van der Waals surface area contributed by atoms with Crippen molar-refractivity contribution in [1.29, 1.82) is 0 Å². The predicted molar refractivity (Wildman–Crippen MR) is 102 cm³/mol. The van der Waals surface area contributed by atoms with E-state index in [2.05, 4.69) is 6.92 Å². The summed E-state index contributed by atoms with van der Waals surface area (Å²) in [7, 11) is 0. The first-order chi connectivity index (χ1) is 12.1. The van der Waals surface area contributed by atoms with E-state index in [9.17, 15) is 9.59 Å². The van der Waals surface area contributed by atoms with Crippen LogP contribution < -0.4 is 0 Å². The molecule has 4 nitrogen and oxygen atoms in total. The van der Waals surface area contributed by atoms with E-state index < -0.39 is 11.9 Å². The summed E-state index contributed by atoms with van der Waals surface area (Å²) >= 11 is 0. The van der Waals surface area contributed by atoms with Gasteiger partial charge in [-0.3, -0.25) is 0 Å². The lowest BCUT2D eigenvalue weighted by Crippen LogP contribution is -2.22. The van der Waals surface area contributed by atoms with Gasteiger partial charge >= 0.3 is 11.9 Å². The molecule has 0 N–H and O–H groups in total. The van der Waals surface area contributed by atoms with Crippen molar-refractivity contribution in [3.63, 3.8) is 0 Å². The average molecular weight is 357 g/mol. The van der Waals surface area contributed by atoms with Gasteiger partial charge in [0.1, 0.15) is 0 Å². The van der Waals surface area contributed by atoms with Crippen LogP contribution in [0, 0.1) is 5.92 Å². The number of hydrogen-bond donors (Lipinski definition) is 0. The van der Waals surface area contributed by atoms with Crippen molar-refractivity contribution >= 4 is 11.9 Å². The summed E-state index contributed by atoms with van der Waals surface area (Å²) < 4.78 is 9.74. The molecule has 25 heavy (non-hydrogen) atoms. The first kappa shape index (κ1) is 23.9. The molecule has 0 atom stereocenters. The highest BCUT2D eigenvalue weighted by Crippen LogP contribution is 2.12. The molecule has 0 bridgehead atoms. The number of carbonyl (C=O) groups excluding carboxylic acids is 2. The topological polar surface area (TPSA) is 52.6 Å². The molecular formula is C21H40O4. The zero-order valence-corrected chi connectivity index (χ0v) is 16.8. The first-order valence-electron chi connectivity index (χ1n) is 10.4. The second-order valence-electron chi connectivity index (χ2n) is 7.37. The standard InChI is InChI=1S/C21H40O4/c1-4-5-6-7-8-9-10-11-12-13-14-15-16-17-24-20(22)21(23)25-18-19(2)3/h19H,4-18H2,1-3H3. The summed E-state index contributed by atoms with van der Waals surface area (Å²) in [6, 6.07) is 0. The number of rotatable bonds is 16. The quantitative estimate of drug-likeness (QED) is 0.199. The van der Waals surface area contributed by atoms with Crippen LogP contribution in [0.1, 0.15) is 104 Å². The Kier molecular flexibility index (Phi) is 17.0. The maximum Gasteiger partial charge on any atom is 0.417 e. The van der Waals surface area contributed by atoms with Crippen LogP contribution in [0.2, 0.25) is 0 Å². The van der Waals surface area contributed by atoms with Gasteiger partial charge in [0.05, 0.1) is 13.2 Å². The fraction of sp³-hybridized carbons (Fsp3) is 0.905. The Bertz CT molecular complexity index is 326. The lowest BCUT2D eigenvalue weighted by Gasteiger charge is -2.07. The van der Waals surface area contributed by atoms with Crippen LogP contribution in [0.15, 0.2) is 0 Å². The van der Waals surface area contributed by atoms with Crippen molar-refractivity contribution in [2.45, 2.75) is 104 Å². The summed E-state index contributed by atoms with van der Waals surface area (Å²) in [5.74, 6) is -1.51. The van der Waals surface area contributed by atoms with Gasteiger partial charge < -0.3 is 9.47 Å². The van der Waals surface area contributed by atoms with Crippen LogP contribution in [0.5, 0.6) is 0 Å². The highest BCUT2D eigenvalue weighted by Gasteiger charge is 2.17. The summed E-state index contributed by atoms with van der Waals surface area (Å²) in [5.41, 5.74) is 0. The van der Waals surface area contributed by atoms with Crippen molar-refractivity contribution in [1.82, 2.24) is 0 Å². The molecule has 0 aromatic heterocycles. The Morgan fingerprint density at radius 2 is 1.04 bits per heavy atom. The highest BCUT2D eigenvalue weighted by atomic mass is 16.6. The minimum absolute atomic E-state index is 0.220. The Labute approximate surface area is 155 Å². The minimum Gasteiger partial charge on any atom is -0.457 e. The van der Waals surface area contributed by atoms with Gasteiger partial charge in [0.25, 0.3) is 0 Å². The molecule has 0 heterocycles. The normalized spacial score (nSPS) is 10.9. The Morgan fingerprint density at radius 1 is 0.640 bits per heavy atom. The SMILES string of the molecule is CCCCCCCCCCCCCCCOC(=O)C(=O)OCC(C)C. The number of hydrogen-bond acceptors (Lipinski definition) is 4. The molecule has 0 spiro atoms. The minimum atomic E-state index is -0.872. The van der Waals surface area contributed by atoms with E-state index in [1.807, 2.05) is 13.8 Å². The van der Waals surface area contributed by atoms with Crippen LogP contribution in [-0.4, -0.2) is 25.2 Å². The summed E-state index contributed by atoms with van der Waals surface area (Å²) in [4.78, 5) is 22.7. The monoisotopic (exact) mass is 356 g/mol. The lowest BCUT2D eigenvalue weighted by molar-refractivity contribution is -0.168. The zero-order valence-electron chi connectivity index (χ0n) is 16.8. The third kappa shape index (κ3) is 17.6. The molecule has 0 aromatic carbocycles. The van der Waals surface area contributed by atoms with Crippen LogP contribution in [0.4, 0.5) is 0 Å². The maximum atomic E-state index is 11.4. The second kappa shape index (κ2) is 17.8. The molecule has 0 aliphatic heterocycles. The molecule has 0 radical (unpaired) electrons. The van der Waals surface area contributed by atoms with Crippen molar-refractivity contribution < 1.29 is 19.1 Å². The first-order valence-corrected chi connectivity index (χ1v) is 10.4. The third-order valence-corrected chi connectivity index (χ3v) is 4.20. The smallest absolute Gasteiger partial charge is 0.417 e. The van der Waals surface area contributed by atoms with Gasteiger partial charge in [0, 0.05) is 0 Å². The molecule has 0 aromatic rings. The molecule has 0 saturated heterocycles. The van der Waals surface area contributed by atoms with Gasteiger partial charge in [0.15, 0.2) is 0 Å². The molecule has 4 heteroatoms. The van der Waals surface area contributed by atoms with Gasteiger partial charge in [-0.2, -0.15) is 0 Å². The molecule has 0 aliphatic carbocycles. The maximum absolute atomic E-state index is 11.4. The molecule has 0 rings (SSSR count). The van der Waals surface area contributed by atoms with E-state index >= 15 is 0 Å². The third-order valence-electron chi connectivity index (χ3n) is 4.20. The number of esters is 2.